The summed E-state index contributed by atoms with van der Waals surface area (Å²) < 4.78 is 0. The number of nitrogens with one attached hydrogen (secondary N) is 1. The first-order valence-electron chi connectivity index (χ1n) is 7.36. The van der Waals surface area contributed by atoms with Crippen molar-refractivity contribution in [3.63, 3.8) is 0 Å². The average molecular weight is 343 g/mol. The molecule has 124 valence electrons. The van der Waals surface area contributed by atoms with Crippen LogP contribution < -0.4 is 11.1 Å². The number of pyridine rings is 1. The minimum Gasteiger partial charge on any atom is -0.381 e. The van der Waals surface area contributed by atoms with Crippen molar-refractivity contribution in [2.75, 3.05) is 11.9 Å². The molecule has 3 aromatic heterocycles. The van der Waals surface area contributed by atoms with Gasteiger partial charge in [-0.25, -0.2) is 9.97 Å². The quantitative estimate of drug-likeness (QED) is 0.649. The van der Waals surface area contributed by atoms with E-state index in [1.54, 1.807) is 23.7 Å². The molecule has 0 fully saturated rings. The Morgan fingerprint density at radius 3 is 2.88 bits per heavy atom. The first-order valence-corrected chi connectivity index (χ1v) is 8.18. The molecule has 0 saturated heterocycles. The molecule has 0 aliphatic carbocycles. The molecule has 0 aliphatic heterocycles. The van der Waals surface area contributed by atoms with Crippen molar-refractivity contribution in [3.8, 4) is 11.4 Å². The molecular weight excluding hydrogens is 326 g/mol. The van der Waals surface area contributed by atoms with Gasteiger partial charge in [0.25, 0.3) is 0 Å². The largest absolute Gasteiger partial charge is 0.381 e. The molecule has 4 N–H and O–H groups in total. The maximum atomic E-state index is 11.0. The molecule has 0 aliphatic rings. The number of primary amides is 1. The standard InChI is InChI=1S/C16H17N5O2S/c1-8-9(2)24-16-12(8)15(19-7-11(22)13(17)23)20-14(21-16)10-4-3-5-18-6-10/h3-6,11,22H,7H2,1-2H3,(H2,17,23)(H,19,20,21). The fraction of sp³-hybridized carbons (Fsp3) is 0.250. The van der Waals surface area contributed by atoms with Crippen LogP contribution in [0.15, 0.2) is 24.5 Å². The van der Waals surface area contributed by atoms with E-state index >= 15 is 0 Å². The van der Waals surface area contributed by atoms with E-state index in [2.05, 4.69) is 20.3 Å². The summed E-state index contributed by atoms with van der Waals surface area (Å²) in [6, 6.07) is 3.70. The highest BCUT2D eigenvalue weighted by Crippen LogP contribution is 2.34. The van der Waals surface area contributed by atoms with E-state index in [0.29, 0.717) is 11.6 Å². The second kappa shape index (κ2) is 6.50. The number of nitrogens with two attached hydrogens (primary N) is 1. The number of carbonyl (C=O) groups is 1. The van der Waals surface area contributed by atoms with Crippen LogP contribution in [0.4, 0.5) is 5.82 Å². The van der Waals surface area contributed by atoms with Gasteiger partial charge in [0, 0.05) is 22.8 Å². The smallest absolute Gasteiger partial charge is 0.248 e. The van der Waals surface area contributed by atoms with Gasteiger partial charge in [0.1, 0.15) is 16.8 Å². The van der Waals surface area contributed by atoms with Gasteiger partial charge < -0.3 is 16.2 Å². The Kier molecular flexibility index (Phi) is 4.41. The number of amides is 1. The van der Waals surface area contributed by atoms with E-state index in [9.17, 15) is 9.90 Å². The monoisotopic (exact) mass is 343 g/mol. The zero-order valence-electron chi connectivity index (χ0n) is 13.3. The van der Waals surface area contributed by atoms with Crippen LogP contribution in [0.2, 0.25) is 0 Å². The SMILES string of the molecule is Cc1sc2nc(-c3cccnc3)nc(NCC(O)C(N)=O)c2c1C. The summed E-state index contributed by atoms with van der Waals surface area (Å²) in [5, 5.41) is 13.5. The number of thiophene rings is 1. The van der Waals surface area contributed by atoms with Crippen LogP contribution in [0.5, 0.6) is 0 Å². The third kappa shape index (κ3) is 3.06. The number of hydrogen-bond acceptors (Lipinski definition) is 7. The second-order valence-electron chi connectivity index (χ2n) is 5.40. The Morgan fingerprint density at radius 2 is 2.21 bits per heavy atom. The fourth-order valence-corrected chi connectivity index (χ4v) is 3.32. The Morgan fingerprint density at radius 1 is 1.42 bits per heavy atom. The van der Waals surface area contributed by atoms with E-state index in [0.717, 1.165) is 26.2 Å². The van der Waals surface area contributed by atoms with Crippen LogP contribution in [0, 0.1) is 13.8 Å². The summed E-state index contributed by atoms with van der Waals surface area (Å²) in [5.41, 5.74) is 6.97. The Balaban J connectivity index is 2.08. The summed E-state index contributed by atoms with van der Waals surface area (Å²) in [4.78, 5) is 26.3. The maximum absolute atomic E-state index is 11.0. The van der Waals surface area contributed by atoms with Crippen molar-refractivity contribution in [2.45, 2.75) is 20.0 Å². The minimum atomic E-state index is -1.28. The number of aryl methyl sites for hydroxylation is 2. The van der Waals surface area contributed by atoms with Crippen LogP contribution in [-0.2, 0) is 4.79 Å². The third-order valence-electron chi connectivity index (χ3n) is 3.74. The lowest BCUT2D eigenvalue weighted by molar-refractivity contribution is -0.125. The highest BCUT2D eigenvalue weighted by molar-refractivity contribution is 7.18. The van der Waals surface area contributed by atoms with Gasteiger partial charge in [0.15, 0.2) is 5.82 Å². The number of aliphatic hydroxyl groups is 1. The first-order chi connectivity index (χ1) is 11.5. The first kappa shape index (κ1) is 16.3. The molecule has 1 atom stereocenters. The number of nitrogens with zero attached hydrogens (tertiary/aromatic N) is 3. The van der Waals surface area contributed by atoms with Crippen LogP contribution in [-0.4, -0.2) is 38.6 Å². The third-order valence-corrected chi connectivity index (χ3v) is 4.84. The number of aromatic nitrogens is 3. The molecule has 1 amide bonds. The van der Waals surface area contributed by atoms with Gasteiger partial charge in [-0.3, -0.25) is 9.78 Å². The molecule has 3 aromatic rings. The topological polar surface area (TPSA) is 114 Å². The zero-order chi connectivity index (χ0) is 17.3. The minimum absolute atomic E-state index is 0.0116. The lowest BCUT2D eigenvalue weighted by atomic mass is 10.2. The van der Waals surface area contributed by atoms with Gasteiger partial charge in [0.05, 0.1) is 11.9 Å². The lowest BCUT2D eigenvalue weighted by Crippen LogP contribution is -2.34. The van der Waals surface area contributed by atoms with Crippen LogP contribution in [0.25, 0.3) is 21.6 Å². The predicted octanol–water partition coefficient (Wildman–Crippen LogP) is 1.63. The van der Waals surface area contributed by atoms with Crippen molar-refractivity contribution in [2.24, 2.45) is 5.73 Å². The van der Waals surface area contributed by atoms with Crippen LogP contribution in [0.3, 0.4) is 0 Å². The van der Waals surface area contributed by atoms with Crippen LogP contribution in [0.1, 0.15) is 10.4 Å². The molecule has 0 bridgehead atoms. The van der Waals surface area contributed by atoms with E-state index in [1.807, 2.05) is 26.0 Å². The van der Waals surface area contributed by atoms with Crippen molar-refractivity contribution < 1.29 is 9.90 Å². The molecule has 0 aromatic carbocycles. The fourth-order valence-electron chi connectivity index (χ4n) is 2.30. The van der Waals surface area contributed by atoms with Crippen LogP contribution >= 0.6 is 11.3 Å². The number of rotatable bonds is 5. The average Bonchev–Trinajstić information content (AvgIpc) is 2.87. The van der Waals surface area contributed by atoms with E-state index < -0.39 is 12.0 Å². The number of hydrogen-bond donors (Lipinski definition) is 3. The van der Waals surface area contributed by atoms with Gasteiger partial charge in [0.2, 0.25) is 5.91 Å². The van der Waals surface area contributed by atoms with Crippen molar-refractivity contribution in [1.29, 1.82) is 0 Å². The van der Waals surface area contributed by atoms with Crippen molar-refractivity contribution in [1.82, 2.24) is 15.0 Å². The summed E-state index contributed by atoms with van der Waals surface area (Å²) >= 11 is 1.58. The molecule has 3 rings (SSSR count). The molecule has 0 spiro atoms. The lowest BCUT2D eigenvalue weighted by Gasteiger charge is -2.12. The Labute approximate surface area is 142 Å². The van der Waals surface area contributed by atoms with Gasteiger partial charge in [-0.2, -0.15) is 0 Å². The molecule has 3 heterocycles. The molecule has 7 nitrogen and oxygen atoms in total. The predicted molar refractivity (Wildman–Crippen MR) is 93.8 cm³/mol. The molecular formula is C16H17N5O2S. The van der Waals surface area contributed by atoms with Gasteiger partial charge in [-0.1, -0.05) is 0 Å². The summed E-state index contributed by atoms with van der Waals surface area (Å²) in [6.45, 7) is 4.01. The van der Waals surface area contributed by atoms with Crippen molar-refractivity contribution in [3.05, 3.63) is 35.0 Å². The summed E-state index contributed by atoms with van der Waals surface area (Å²) in [7, 11) is 0. The second-order valence-corrected chi connectivity index (χ2v) is 6.60. The highest BCUT2D eigenvalue weighted by atomic mass is 32.1. The maximum Gasteiger partial charge on any atom is 0.248 e. The molecule has 24 heavy (non-hydrogen) atoms. The Hall–Kier alpha value is -2.58. The molecule has 0 saturated carbocycles. The summed E-state index contributed by atoms with van der Waals surface area (Å²) in [6.07, 6.45) is 2.09. The molecule has 8 heteroatoms. The molecule has 0 radical (unpaired) electrons. The molecule has 1 unspecified atom stereocenters. The van der Waals surface area contributed by atoms with Gasteiger partial charge in [-0.05, 0) is 31.5 Å². The van der Waals surface area contributed by atoms with Crippen molar-refractivity contribution >= 4 is 33.3 Å². The summed E-state index contributed by atoms with van der Waals surface area (Å²) in [5.74, 6) is 0.326. The zero-order valence-corrected chi connectivity index (χ0v) is 14.1. The van der Waals surface area contributed by atoms with Gasteiger partial charge >= 0.3 is 0 Å². The normalized spacial score (nSPS) is 12.3. The Bertz CT molecular complexity index is 894. The highest BCUT2D eigenvalue weighted by Gasteiger charge is 2.17. The number of fused-ring (bicyclic) bond motifs is 1. The number of anilines is 1. The van der Waals surface area contributed by atoms with E-state index in [1.165, 1.54) is 0 Å². The number of carbonyl (C=O) groups excluding carboxylic acids is 1. The van der Waals surface area contributed by atoms with E-state index in [4.69, 9.17) is 5.73 Å². The van der Waals surface area contributed by atoms with Gasteiger partial charge in [-0.15, -0.1) is 11.3 Å². The number of aliphatic hydroxyl groups excluding tert-OH is 1. The van der Waals surface area contributed by atoms with E-state index in [-0.39, 0.29) is 6.54 Å².